The molecule has 0 aromatic carbocycles. The Morgan fingerprint density at radius 3 is 2.36 bits per heavy atom. The third kappa shape index (κ3) is 3.02. The first-order chi connectivity index (χ1) is 12.9. The highest BCUT2D eigenvalue weighted by Crippen LogP contribution is 2.64. The van der Waals surface area contributed by atoms with Crippen molar-refractivity contribution in [2.24, 2.45) is 28.6 Å². The van der Waals surface area contributed by atoms with Crippen LogP contribution in [-0.4, -0.2) is 20.2 Å². The molecule has 0 spiro atoms. The Bertz CT molecular complexity index is 687. The molecule has 4 unspecified atom stereocenters. The van der Waals surface area contributed by atoms with Crippen molar-refractivity contribution in [1.82, 2.24) is 0 Å². The Morgan fingerprint density at radius 2 is 1.68 bits per heavy atom. The number of carbonyl (C=O) groups excluding carboxylic acids is 1. The Hall–Kier alpha value is -0.413. The predicted octanol–water partition coefficient (Wildman–Crippen LogP) is 6.91. The third-order valence-corrected chi connectivity index (χ3v) is 14.6. The zero-order chi connectivity index (χ0) is 20.5. The maximum Gasteiger partial charge on any atom is 0.192 e. The van der Waals surface area contributed by atoms with Gasteiger partial charge >= 0.3 is 0 Å². The van der Waals surface area contributed by atoms with Crippen LogP contribution in [0.5, 0.6) is 0 Å². The van der Waals surface area contributed by atoms with Crippen LogP contribution in [0.15, 0.2) is 11.6 Å². The molecule has 0 heterocycles. The van der Waals surface area contributed by atoms with Gasteiger partial charge in [-0.2, -0.15) is 0 Å². The number of allylic oxidation sites excluding steroid dienone is 1. The molecule has 3 saturated carbocycles. The Kier molecular flexibility index (Phi) is 4.87. The molecule has 4 rings (SSSR count). The molecule has 6 atom stereocenters. The second kappa shape index (κ2) is 6.54. The fourth-order valence-electron chi connectivity index (χ4n) is 7.09. The van der Waals surface area contributed by atoms with Gasteiger partial charge in [0.1, 0.15) is 5.78 Å². The summed E-state index contributed by atoms with van der Waals surface area (Å²) in [6.07, 6.45) is 12.2. The molecular formula is C25H42O2Si. The molecule has 0 aliphatic heterocycles. The maximum atomic E-state index is 12.6. The number of ketones is 1. The Morgan fingerprint density at radius 1 is 1.04 bits per heavy atom. The largest absolute Gasteiger partial charge is 0.414 e. The molecule has 0 saturated heterocycles. The summed E-state index contributed by atoms with van der Waals surface area (Å²) >= 11 is 0. The molecule has 3 heteroatoms. The van der Waals surface area contributed by atoms with E-state index in [2.05, 4.69) is 53.8 Å². The van der Waals surface area contributed by atoms with E-state index in [4.69, 9.17) is 4.43 Å². The van der Waals surface area contributed by atoms with Gasteiger partial charge in [0.05, 0.1) is 0 Å². The van der Waals surface area contributed by atoms with Gasteiger partial charge in [0, 0.05) is 17.9 Å². The first-order valence-electron chi connectivity index (χ1n) is 11.8. The number of hydrogen-bond donors (Lipinski definition) is 0. The second-order valence-corrected chi connectivity index (χ2v) is 17.2. The van der Waals surface area contributed by atoms with E-state index in [1.165, 1.54) is 25.7 Å². The summed E-state index contributed by atoms with van der Waals surface area (Å²) in [4.78, 5) is 12.6. The van der Waals surface area contributed by atoms with E-state index in [0.717, 1.165) is 37.5 Å². The number of hydrogen-bond acceptors (Lipinski definition) is 2. The molecule has 0 amide bonds. The molecule has 4 aliphatic rings. The van der Waals surface area contributed by atoms with Crippen molar-refractivity contribution in [3.63, 3.8) is 0 Å². The monoisotopic (exact) mass is 402 g/mol. The first kappa shape index (κ1) is 20.8. The average molecular weight is 403 g/mol. The summed E-state index contributed by atoms with van der Waals surface area (Å²) in [7, 11) is -1.71. The summed E-state index contributed by atoms with van der Waals surface area (Å²) in [5, 5.41) is 0.280. The summed E-state index contributed by atoms with van der Waals surface area (Å²) in [6, 6.07) is 0. The van der Waals surface area contributed by atoms with Gasteiger partial charge in [0.2, 0.25) is 0 Å². The Balaban J connectivity index is 1.53. The fraction of sp³-hybridized carbons (Fsp3) is 0.880. The van der Waals surface area contributed by atoms with Crippen LogP contribution in [0.2, 0.25) is 18.1 Å². The molecule has 28 heavy (non-hydrogen) atoms. The highest BCUT2D eigenvalue weighted by atomic mass is 28.4. The van der Waals surface area contributed by atoms with E-state index in [9.17, 15) is 4.79 Å². The fourth-order valence-corrected chi connectivity index (χ4v) is 8.48. The molecule has 0 N–H and O–H groups in total. The minimum Gasteiger partial charge on any atom is -0.414 e. The molecule has 0 radical (unpaired) electrons. The molecular weight excluding hydrogens is 360 g/mol. The number of fused-ring (bicyclic) bond motifs is 5. The van der Waals surface area contributed by atoms with Crippen LogP contribution in [0.1, 0.15) is 86.0 Å². The van der Waals surface area contributed by atoms with Crippen LogP contribution in [0, 0.1) is 28.6 Å². The summed E-state index contributed by atoms with van der Waals surface area (Å²) in [6.45, 7) is 16.7. The zero-order valence-corrected chi connectivity index (χ0v) is 20.4. The van der Waals surface area contributed by atoms with E-state index in [1.807, 2.05) is 0 Å². The first-order valence-corrected chi connectivity index (χ1v) is 14.7. The van der Waals surface area contributed by atoms with E-state index in [1.54, 1.807) is 5.57 Å². The standard InChI is InChI=1S/C25H42O2Si/c1-23(2,3)28(6,7)27-18-12-14-24(4)17(16-18)8-9-19-20-10-11-22(26)25(20,5)15-13-21(19)24/h8,18-21H,9-16H2,1-7H3/t18?,19?,20?,21?,24-,25-/m0/s1. The minimum absolute atomic E-state index is 0.00842. The van der Waals surface area contributed by atoms with Crippen LogP contribution < -0.4 is 0 Å². The van der Waals surface area contributed by atoms with Crippen molar-refractivity contribution in [3.8, 4) is 0 Å². The summed E-state index contributed by atoms with van der Waals surface area (Å²) in [5.74, 6) is 2.71. The lowest BCUT2D eigenvalue weighted by Gasteiger charge is -2.57. The van der Waals surface area contributed by atoms with Crippen LogP contribution in [-0.2, 0) is 9.22 Å². The molecule has 0 aromatic rings. The average Bonchev–Trinajstić information content (AvgIpc) is 2.89. The van der Waals surface area contributed by atoms with Crippen LogP contribution in [0.4, 0.5) is 0 Å². The van der Waals surface area contributed by atoms with Gasteiger partial charge in [-0.05, 0) is 86.2 Å². The van der Waals surface area contributed by atoms with Gasteiger partial charge in [-0.1, -0.05) is 46.3 Å². The number of Topliss-reactive ketones (excluding diaryl/α,β-unsaturated/α-hetero) is 1. The lowest BCUT2D eigenvalue weighted by Crippen LogP contribution is -2.51. The van der Waals surface area contributed by atoms with Crippen molar-refractivity contribution in [2.75, 3.05) is 0 Å². The van der Waals surface area contributed by atoms with Gasteiger partial charge in [-0.3, -0.25) is 4.79 Å². The highest BCUT2D eigenvalue weighted by molar-refractivity contribution is 6.74. The van der Waals surface area contributed by atoms with E-state index < -0.39 is 8.32 Å². The van der Waals surface area contributed by atoms with E-state index in [0.29, 0.717) is 23.2 Å². The molecule has 2 nitrogen and oxygen atoms in total. The van der Waals surface area contributed by atoms with E-state index in [-0.39, 0.29) is 10.5 Å². The molecule has 0 bridgehead atoms. The smallest absolute Gasteiger partial charge is 0.192 e. The molecule has 3 fully saturated rings. The van der Waals surface area contributed by atoms with Gasteiger partial charge in [-0.25, -0.2) is 0 Å². The SMILES string of the molecule is CC(C)(C)[Si](C)(C)OC1CC[C@@]2(C)C(=CCC3C2CC[C@]2(C)C(=O)CCC32)C1. The highest BCUT2D eigenvalue weighted by Gasteiger charge is 2.58. The Labute approximate surface area is 174 Å². The van der Waals surface area contributed by atoms with Crippen LogP contribution in [0.25, 0.3) is 0 Å². The lowest BCUT2D eigenvalue weighted by molar-refractivity contribution is -0.131. The lowest BCUT2D eigenvalue weighted by atomic mass is 9.48. The summed E-state index contributed by atoms with van der Waals surface area (Å²) in [5.41, 5.74) is 2.03. The summed E-state index contributed by atoms with van der Waals surface area (Å²) < 4.78 is 6.83. The van der Waals surface area contributed by atoms with Crippen molar-refractivity contribution in [2.45, 2.75) is 110 Å². The molecule has 4 aliphatic carbocycles. The molecule has 158 valence electrons. The predicted molar refractivity (Wildman–Crippen MR) is 119 cm³/mol. The number of carbonyl (C=O) groups is 1. The molecule has 0 aromatic heterocycles. The minimum atomic E-state index is -1.71. The van der Waals surface area contributed by atoms with Gasteiger partial charge in [0.15, 0.2) is 8.32 Å². The van der Waals surface area contributed by atoms with Gasteiger partial charge < -0.3 is 4.43 Å². The van der Waals surface area contributed by atoms with E-state index >= 15 is 0 Å². The van der Waals surface area contributed by atoms with Gasteiger partial charge in [0.25, 0.3) is 0 Å². The number of rotatable bonds is 2. The normalized spacial score (nSPS) is 43.8. The topological polar surface area (TPSA) is 26.3 Å². The van der Waals surface area contributed by atoms with Crippen molar-refractivity contribution in [1.29, 1.82) is 0 Å². The maximum absolute atomic E-state index is 12.6. The van der Waals surface area contributed by atoms with Crippen LogP contribution >= 0.6 is 0 Å². The van der Waals surface area contributed by atoms with Crippen molar-refractivity contribution in [3.05, 3.63) is 11.6 Å². The second-order valence-electron chi connectivity index (χ2n) is 12.4. The van der Waals surface area contributed by atoms with Crippen molar-refractivity contribution >= 4 is 14.1 Å². The van der Waals surface area contributed by atoms with Gasteiger partial charge in [-0.15, -0.1) is 0 Å². The van der Waals surface area contributed by atoms with Crippen molar-refractivity contribution < 1.29 is 9.22 Å². The van der Waals surface area contributed by atoms with Crippen LogP contribution in [0.3, 0.4) is 0 Å². The third-order valence-electron chi connectivity index (χ3n) is 10.0. The zero-order valence-electron chi connectivity index (χ0n) is 19.4. The quantitative estimate of drug-likeness (QED) is 0.370.